The molecule has 5 heteroatoms. The quantitative estimate of drug-likeness (QED) is 0.587. The lowest BCUT2D eigenvalue weighted by Gasteiger charge is -2.21. The molecule has 0 spiro atoms. The van der Waals surface area contributed by atoms with Gasteiger partial charge in [0.25, 0.3) is 0 Å². The maximum atomic E-state index is 5.57. The van der Waals surface area contributed by atoms with Crippen LogP contribution in [0.15, 0.2) is 57.5 Å². The van der Waals surface area contributed by atoms with Crippen molar-refractivity contribution >= 4 is 15.9 Å². The molecule has 2 aromatic carbocycles. The van der Waals surface area contributed by atoms with Gasteiger partial charge in [-0.15, -0.1) is 0 Å². The third kappa shape index (κ3) is 3.94. The van der Waals surface area contributed by atoms with Crippen molar-refractivity contribution in [3.63, 3.8) is 0 Å². The van der Waals surface area contributed by atoms with Gasteiger partial charge in [0.05, 0.1) is 17.6 Å². The van der Waals surface area contributed by atoms with E-state index in [9.17, 15) is 0 Å². The molecular formula is C22H23BrN2O2. The van der Waals surface area contributed by atoms with Crippen LogP contribution in [0.2, 0.25) is 0 Å². The summed E-state index contributed by atoms with van der Waals surface area (Å²) < 4.78 is 11.9. The zero-order chi connectivity index (χ0) is 18.6. The number of rotatable bonds is 6. The van der Waals surface area contributed by atoms with E-state index in [2.05, 4.69) is 62.8 Å². The van der Waals surface area contributed by atoms with Gasteiger partial charge in [-0.2, -0.15) is 0 Å². The van der Waals surface area contributed by atoms with E-state index in [4.69, 9.17) is 9.26 Å². The molecular weight excluding hydrogens is 404 g/mol. The number of methoxy groups -OCH3 is 1. The summed E-state index contributed by atoms with van der Waals surface area (Å²) in [4.78, 5) is 0. The number of hydrogen-bond donors (Lipinski definition) is 1. The Labute approximate surface area is 168 Å². The SMILES string of the molecule is COc1ccc(C(NCc2noc3c2CCCC3)c2ccccc2)cc1Br. The van der Waals surface area contributed by atoms with Gasteiger partial charge in [-0.3, -0.25) is 0 Å². The largest absolute Gasteiger partial charge is 0.496 e. The summed E-state index contributed by atoms with van der Waals surface area (Å²) in [7, 11) is 1.68. The molecule has 4 rings (SSSR count). The van der Waals surface area contributed by atoms with E-state index < -0.39 is 0 Å². The van der Waals surface area contributed by atoms with Gasteiger partial charge < -0.3 is 14.6 Å². The molecule has 1 unspecified atom stereocenters. The number of halogens is 1. The fourth-order valence-electron chi connectivity index (χ4n) is 3.72. The number of aryl methyl sites for hydroxylation is 1. The molecule has 4 nitrogen and oxygen atoms in total. The Hall–Kier alpha value is -2.11. The van der Waals surface area contributed by atoms with E-state index in [-0.39, 0.29) is 6.04 Å². The fraction of sp³-hybridized carbons (Fsp3) is 0.318. The van der Waals surface area contributed by atoms with Crippen LogP contribution in [0.25, 0.3) is 0 Å². The average molecular weight is 427 g/mol. The van der Waals surface area contributed by atoms with Crippen LogP contribution in [0.5, 0.6) is 5.75 Å². The van der Waals surface area contributed by atoms with Gasteiger partial charge in [-0.05, 0) is 58.5 Å². The summed E-state index contributed by atoms with van der Waals surface area (Å²) in [5.41, 5.74) is 4.73. The summed E-state index contributed by atoms with van der Waals surface area (Å²) in [5, 5.41) is 8.02. The lowest BCUT2D eigenvalue weighted by atomic mass is 9.95. The Morgan fingerprint density at radius 1 is 1.11 bits per heavy atom. The summed E-state index contributed by atoms with van der Waals surface area (Å²) in [6.07, 6.45) is 4.49. The molecule has 1 aliphatic carbocycles. The second kappa shape index (κ2) is 8.28. The molecule has 3 aromatic rings. The van der Waals surface area contributed by atoms with Crippen LogP contribution in [0, 0.1) is 0 Å². The lowest BCUT2D eigenvalue weighted by molar-refractivity contribution is 0.366. The van der Waals surface area contributed by atoms with E-state index in [1.807, 2.05) is 12.1 Å². The Morgan fingerprint density at radius 2 is 1.93 bits per heavy atom. The van der Waals surface area contributed by atoms with Crippen LogP contribution < -0.4 is 10.1 Å². The fourth-order valence-corrected chi connectivity index (χ4v) is 4.28. The molecule has 0 radical (unpaired) electrons. The molecule has 0 amide bonds. The third-order valence-corrected chi connectivity index (χ3v) is 5.77. The number of ether oxygens (including phenoxy) is 1. The maximum absolute atomic E-state index is 5.57. The number of nitrogens with zero attached hydrogens (tertiary/aromatic N) is 1. The molecule has 27 heavy (non-hydrogen) atoms. The maximum Gasteiger partial charge on any atom is 0.140 e. The number of benzene rings is 2. The molecule has 0 bridgehead atoms. The van der Waals surface area contributed by atoms with Crippen molar-refractivity contribution in [3.8, 4) is 5.75 Å². The molecule has 1 heterocycles. The summed E-state index contributed by atoms with van der Waals surface area (Å²) in [6, 6.07) is 16.7. The highest BCUT2D eigenvalue weighted by molar-refractivity contribution is 9.10. The van der Waals surface area contributed by atoms with Crippen LogP contribution >= 0.6 is 15.9 Å². The van der Waals surface area contributed by atoms with E-state index in [0.29, 0.717) is 6.54 Å². The van der Waals surface area contributed by atoms with Gasteiger partial charge in [-0.1, -0.05) is 41.6 Å². The van der Waals surface area contributed by atoms with E-state index >= 15 is 0 Å². The molecule has 0 aliphatic heterocycles. The van der Waals surface area contributed by atoms with Crippen molar-refractivity contribution in [2.45, 2.75) is 38.3 Å². The standard InChI is InChI=1S/C22H23BrN2O2/c1-26-21-12-11-16(13-18(21)23)22(15-7-3-2-4-8-15)24-14-19-17-9-5-6-10-20(17)27-25-19/h2-4,7-8,11-13,22,24H,5-6,9-10,14H2,1H3. The van der Waals surface area contributed by atoms with Crippen molar-refractivity contribution in [3.05, 3.63) is 81.1 Å². The summed E-state index contributed by atoms with van der Waals surface area (Å²) in [5.74, 6) is 1.90. The number of fused-ring (bicyclic) bond motifs is 1. The topological polar surface area (TPSA) is 47.3 Å². The van der Waals surface area contributed by atoms with Crippen molar-refractivity contribution in [1.29, 1.82) is 0 Å². The normalized spacial score (nSPS) is 14.6. The van der Waals surface area contributed by atoms with Crippen LogP contribution in [-0.2, 0) is 19.4 Å². The van der Waals surface area contributed by atoms with Crippen LogP contribution in [0.1, 0.15) is 47.0 Å². The minimum atomic E-state index is 0.0596. The van der Waals surface area contributed by atoms with Gasteiger partial charge in [0.1, 0.15) is 17.2 Å². The zero-order valence-corrected chi connectivity index (χ0v) is 17.0. The van der Waals surface area contributed by atoms with Crippen molar-refractivity contribution < 1.29 is 9.26 Å². The predicted octanol–water partition coefficient (Wildman–Crippen LogP) is 5.20. The first-order valence-electron chi connectivity index (χ1n) is 9.34. The zero-order valence-electron chi connectivity index (χ0n) is 15.4. The summed E-state index contributed by atoms with van der Waals surface area (Å²) in [6.45, 7) is 0.683. The molecule has 140 valence electrons. The first-order chi connectivity index (χ1) is 13.3. The highest BCUT2D eigenvalue weighted by atomic mass is 79.9. The number of nitrogens with one attached hydrogen (secondary N) is 1. The molecule has 0 saturated carbocycles. The van der Waals surface area contributed by atoms with Crippen molar-refractivity contribution in [1.82, 2.24) is 10.5 Å². The molecule has 1 N–H and O–H groups in total. The van der Waals surface area contributed by atoms with E-state index in [1.54, 1.807) is 7.11 Å². The number of aromatic nitrogens is 1. The minimum Gasteiger partial charge on any atom is -0.496 e. The minimum absolute atomic E-state index is 0.0596. The van der Waals surface area contributed by atoms with Gasteiger partial charge in [0, 0.05) is 18.5 Å². The number of hydrogen-bond acceptors (Lipinski definition) is 4. The Kier molecular flexibility index (Phi) is 5.60. The van der Waals surface area contributed by atoms with Gasteiger partial charge in [0.2, 0.25) is 0 Å². The second-order valence-electron chi connectivity index (χ2n) is 6.86. The second-order valence-corrected chi connectivity index (χ2v) is 7.71. The summed E-state index contributed by atoms with van der Waals surface area (Å²) >= 11 is 3.61. The van der Waals surface area contributed by atoms with Gasteiger partial charge in [0.15, 0.2) is 0 Å². The van der Waals surface area contributed by atoms with Gasteiger partial charge >= 0.3 is 0 Å². The van der Waals surface area contributed by atoms with Crippen molar-refractivity contribution in [2.75, 3.05) is 7.11 Å². The first kappa shape index (κ1) is 18.3. The van der Waals surface area contributed by atoms with Gasteiger partial charge in [-0.25, -0.2) is 0 Å². The Balaban J connectivity index is 1.61. The van der Waals surface area contributed by atoms with E-state index in [1.165, 1.54) is 29.5 Å². The van der Waals surface area contributed by atoms with Crippen molar-refractivity contribution in [2.24, 2.45) is 0 Å². The first-order valence-corrected chi connectivity index (χ1v) is 10.1. The molecule has 1 aliphatic rings. The molecule has 1 atom stereocenters. The molecule has 0 fully saturated rings. The monoisotopic (exact) mass is 426 g/mol. The van der Waals surface area contributed by atoms with E-state index in [0.717, 1.165) is 34.5 Å². The van der Waals surface area contributed by atoms with Crippen LogP contribution in [0.3, 0.4) is 0 Å². The lowest BCUT2D eigenvalue weighted by Crippen LogP contribution is -2.23. The van der Waals surface area contributed by atoms with Crippen LogP contribution in [0.4, 0.5) is 0 Å². The molecule has 1 aromatic heterocycles. The smallest absolute Gasteiger partial charge is 0.140 e. The highest BCUT2D eigenvalue weighted by Crippen LogP contribution is 2.31. The molecule has 0 saturated heterocycles. The van der Waals surface area contributed by atoms with Crippen LogP contribution in [-0.4, -0.2) is 12.3 Å². The predicted molar refractivity (Wildman–Crippen MR) is 109 cm³/mol. The average Bonchev–Trinajstić information content (AvgIpc) is 3.12. The highest BCUT2D eigenvalue weighted by Gasteiger charge is 2.21. The third-order valence-electron chi connectivity index (χ3n) is 5.15. The Morgan fingerprint density at radius 3 is 2.70 bits per heavy atom. The Bertz CT molecular complexity index is 908.